The first kappa shape index (κ1) is 13.9. The van der Waals surface area contributed by atoms with E-state index >= 15 is 0 Å². The molecule has 0 radical (unpaired) electrons. The Morgan fingerprint density at radius 2 is 1.81 bits per heavy atom. The van der Waals surface area contributed by atoms with Crippen molar-refractivity contribution in [3.63, 3.8) is 0 Å². The molecule has 0 aliphatic rings. The predicted molar refractivity (Wildman–Crippen MR) is 77.9 cm³/mol. The van der Waals surface area contributed by atoms with Gasteiger partial charge in [0.25, 0.3) is 0 Å². The van der Waals surface area contributed by atoms with Gasteiger partial charge in [-0.15, -0.1) is 0 Å². The summed E-state index contributed by atoms with van der Waals surface area (Å²) in [6, 6.07) is 9.44. The van der Waals surface area contributed by atoms with Gasteiger partial charge in [0.15, 0.2) is 0 Å². The quantitative estimate of drug-likeness (QED) is 0.602. The monoisotopic (exact) mass is 255 g/mol. The van der Waals surface area contributed by atoms with Gasteiger partial charge in [-0.2, -0.15) is 0 Å². The molecule has 90 valence electrons. The number of benzene rings is 1. The third kappa shape index (κ3) is 4.40. The van der Waals surface area contributed by atoms with E-state index in [-0.39, 0.29) is 0 Å². The summed E-state index contributed by atoms with van der Waals surface area (Å²) in [5.74, 6) is 0. The van der Waals surface area contributed by atoms with Crippen LogP contribution in [0.4, 0.5) is 0 Å². The predicted octanol–water partition coefficient (Wildman–Crippen LogP) is 4.26. The van der Waals surface area contributed by atoms with Crippen molar-refractivity contribution in [1.29, 1.82) is 0 Å². The van der Waals surface area contributed by atoms with Gasteiger partial charge in [0.2, 0.25) is 0 Å². The molecule has 1 N–H and O–H groups in total. The van der Waals surface area contributed by atoms with Crippen LogP contribution in [-0.2, 0) is 6.42 Å². The standard InChI is InChI=1S/C13H21NS2/c1-5-11-6-8-12(9-7-11)13(16-15-4)14-10(2)3/h6-10,13-14H,5H2,1-4H3. The summed E-state index contributed by atoms with van der Waals surface area (Å²) in [4.78, 5) is 0. The molecule has 1 aromatic carbocycles. The minimum atomic E-state index is 0.390. The van der Waals surface area contributed by atoms with Crippen molar-refractivity contribution in [1.82, 2.24) is 5.32 Å². The second kappa shape index (κ2) is 7.25. The maximum absolute atomic E-state index is 3.58. The smallest absolute Gasteiger partial charge is 0.0894 e. The molecule has 1 nitrogen and oxygen atoms in total. The summed E-state index contributed by atoms with van der Waals surface area (Å²) >= 11 is 0. The van der Waals surface area contributed by atoms with Gasteiger partial charge in [-0.1, -0.05) is 52.8 Å². The van der Waals surface area contributed by atoms with Crippen LogP contribution in [0.25, 0.3) is 0 Å². The molecule has 0 aliphatic carbocycles. The number of hydrogen-bond donors (Lipinski definition) is 1. The highest BCUT2D eigenvalue weighted by molar-refractivity contribution is 8.76. The van der Waals surface area contributed by atoms with Crippen LogP contribution in [-0.4, -0.2) is 12.3 Å². The Kier molecular flexibility index (Phi) is 6.32. The second-order valence-corrected chi connectivity index (χ2v) is 6.63. The molecule has 3 heteroatoms. The molecule has 0 saturated carbocycles. The maximum Gasteiger partial charge on any atom is 0.0894 e. The Morgan fingerprint density at radius 1 is 1.19 bits per heavy atom. The van der Waals surface area contributed by atoms with E-state index in [0.29, 0.717) is 11.4 Å². The van der Waals surface area contributed by atoms with Crippen molar-refractivity contribution in [2.45, 2.75) is 38.6 Å². The Morgan fingerprint density at radius 3 is 2.25 bits per heavy atom. The van der Waals surface area contributed by atoms with E-state index in [1.54, 1.807) is 0 Å². The summed E-state index contributed by atoms with van der Waals surface area (Å²) < 4.78 is 0. The van der Waals surface area contributed by atoms with Crippen LogP contribution in [0.2, 0.25) is 0 Å². The van der Waals surface area contributed by atoms with E-state index in [1.165, 1.54) is 11.1 Å². The first-order valence-corrected chi connectivity index (χ1v) is 8.33. The fraction of sp³-hybridized carbons (Fsp3) is 0.538. The van der Waals surface area contributed by atoms with Gasteiger partial charge in [-0.05, 0) is 37.7 Å². The van der Waals surface area contributed by atoms with Crippen LogP contribution in [0.5, 0.6) is 0 Å². The van der Waals surface area contributed by atoms with Gasteiger partial charge in [-0.25, -0.2) is 0 Å². The van der Waals surface area contributed by atoms with Crippen LogP contribution in [0, 0.1) is 0 Å². The van der Waals surface area contributed by atoms with Crippen molar-refractivity contribution in [2.24, 2.45) is 0 Å². The Labute approximate surface area is 107 Å². The topological polar surface area (TPSA) is 12.0 Å². The molecule has 0 heterocycles. The molecule has 0 aliphatic heterocycles. The molecule has 0 saturated heterocycles. The van der Waals surface area contributed by atoms with Gasteiger partial charge < -0.3 is 0 Å². The largest absolute Gasteiger partial charge is 0.299 e. The zero-order valence-corrected chi connectivity index (χ0v) is 12.1. The van der Waals surface area contributed by atoms with Crippen molar-refractivity contribution in [3.05, 3.63) is 35.4 Å². The molecule has 0 amide bonds. The van der Waals surface area contributed by atoms with E-state index in [0.717, 1.165) is 6.42 Å². The third-order valence-corrected chi connectivity index (χ3v) is 4.32. The minimum Gasteiger partial charge on any atom is -0.299 e. The lowest BCUT2D eigenvalue weighted by Gasteiger charge is -2.20. The molecule has 16 heavy (non-hydrogen) atoms. The molecular weight excluding hydrogens is 234 g/mol. The lowest BCUT2D eigenvalue weighted by atomic mass is 10.1. The molecule has 0 spiro atoms. The lowest BCUT2D eigenvalue weighted by molar-refractivity contribution is 0.580. The Hall–Kier alpha value is -0.120. The highest BCUT2D eigenvalue weighted by Crippen LogP contribution is 2.34. The Bertz CT molecular complexity index is 295. The van der Waals surface area contributed by atoms with Gasteiger partial charge in [0.05, 0.1) is 5.37 Å². The van der Waals surface area contributed by atoms with Crippen molar-refractivity contribution in [2.75, 3.05) is 6.26 Å². The number of rotatable bonds is 6. The highest BCUT2D eigenvalue weighted by atomic mass is 33.1. The summed E-state index contributed by atoms with van der Waals surface area (Å²) in [5.41, 5.74) is 2.77. The molecular formula is C13H21NS2. The van der Waals surface area contributed by atoms with Gasteiger partial charge in [0, 0.05) is 6.04 Å². The van der Waals surface area contributed by atoms with Crippen LogP contribution in [0.15, 0.2) is 24.3 Å². The molecule has 1 rings (SSSR count). The van der Waals surface area contributed by atoms with Gasteiger partial charge in [-0.3, -0.25) is 5.32 Å². The normalized spacial score (nSPS) is 13.1. The first-order valence-electron chi connectivity index (χ1n) is 5.71. The summed E-state index contributed by atoms with van der Waals surface area (Å²) in [7, 11) is 3.69. The second-order valence-electron chi connectivity index (χ2n) is 4.06. The Balaban J connectivity index is 2.75. The van der Waals surface area contributed by atoms with Crippen molar-refractivity contribution >= 4 is 21.6 Å². The third-order valence-electron chi connectivity index (χ3n) is 2.37. The molecule has 1 atom stereocenters. The zero-order valence-electron chi connectivity index (χ0n) is 10.5. The molecule has 0 fully saturated rings. The van der Waals surface area contributed by atoms with Gasteiger partial charge in [0.1, 0.15) is 0 Å². The summed E-state index contributed by atoms with van der Waals surface area (Å²) in [5, 5.41) is 3.97. The van der Waals surface area contributed by atoms with E-state index in [4.69, 9.17) is 0 Å². The average molecular weight is 255 g/mol. The molecule has 1 aromatic rings. The minimum absolute atomic E-state index is 0.390. The SMILES string of the molecule is CCc1ccc(C(NC(C)C)SSC)cc1. The van der Waals surface area contributed by atoms with E-state index in [1.807, 2.05) is 21.6 Å². The van der Waals surface area contributed by atoms with Crippen molar-refractivity contribution in [3.8, 4) is 0 Å². The van der Waals surface area contributed by atoms with Gasteiger partial charge >= 0.3 is 0 Å². The number of nitrogens with one attached hydrogen (secondary N) is 1. The van der Waals surface area contributed by atoms with E-state index < -0.39 is 0 Å². The zero-order chi connectivity index (χ0) is 12.0. The summed E-state index contributed by atoms with van der Waals surface area (Å²) in [6.45, 7) is 6.57. The van der Waals surface area contributed by atoms with E-state index in [2.05, 4.69) is 56.6 Å². The van der Waals surface area contributed by atoms with Crippen LogP contribution < -0.4 is 5.32 Å². The number of aryl methyl sites for hydroxylation is 1. The molecule has 0 bridgehead atoms. The number of hydrogen-bond acceptors (Lipinski definition) is 3. The molecule has 0 aromatic heterocycles. The van der Waals surface area contributed by atoms with Crippen LogP contribution in [0.1, 0.15) is 37.3 Å². The lowest BCUT2D eigenvalue weighted by Crippen LogP contribution is -2.25. The summed E-state index contributed by atoms with van der Waals surface area (Å²) in [6.07, 6.45) is 3.23. The average Bonchev–Trinajstić information content (AvgIpc) is 2.28. The maximum atomic E-state index is 3.58. The fourth-order valence-corrected chi connectivity index (χ4v) is 3.37. The van der Waals surface area contributed by atoms with Crippen molar-refractivity contribution < 1.29 is 0 Å². The van der Waals surface area contributed by atoms with Crippen LogP contribution in [0.3, 0.4) is 0 Å². The molecule has 1 unspecified atom stereocenters. The van der Waals surface area contributed by atoms with Crippen LogP contribution >= 0.6 is 21.6 Å². The van der Waals surface area contributed by atoms with E-state index in [9.17, 15) is 0 Å². The first-order chi connectivity index (χ1) is 7.67. The fourth-order valence-electron chi connectivity index (χ4n) is 1.51. The highest BCUT2D eigenvalue weighted by Gasteiger charge is 2.12.